The predicted octanol–water partition coefficient (Wildman–Crippen LogP) is 0.208. The highest BCUT2D eigenvalue weighted by molar-refractivity contribution is 5.94. The molecule has 2 atom stereocenters. The summed E-state index contributed by atoms with van der Waals surface area (Å²) in [6.45, 7) is 5.47. The van der Waals surface area contributed by atoms with Crippen LogP contribution in [0.3, 0.4) is 0 Å². The highest BCUT2D eigenvalue weighted by atomic mass is 16.2. The van der Waals surface area contributed by atoms with Gasteiger partial charge in [-0.1, -0.05) is 0 Å². The number of amides is 1. The second-order valence-electron chi connectivity index (χ2n) is 5.04. The lowest BCUT2D eigenvalue weighted by molar-refractivity contribution is 0.0673. The van der Waals surface area contributed by atoms with Crippen LogP contribution in [-0.2, 0) is 7.05 Å². The zero-order chi connectivity index (χ0) is 13.3. The third kappa shape index (κ3) is 2.61. The maximum absolute atomic E-state index is 12.3. The van der Waals surface area contributed by atoms with Gasteiger partial charge in [-0.15, -0.1) is 0 Å². The number of carbonyl (C=O) groups is 1. The van der Waals surface area contributed by atoms with E-state index in [1.54, 1.807) is 24.2 Å². The van der Waals surface area contributed by atoms with Gasteiger partial charge in [0, 0.05) is 50.0 Å². The van der Waals surface area contributed by atoms with Crippen molar-refractivity contribution in [1.29, 1.82) is 0 Å². The zero-order valence-electron chi connectivity index (χ0n) is 11.0. The highest BCUT2D eigenvalue weighted by Gasteiger charge is 2.25. The van der Waals surface area contributed by atoms with E-state index in [1.165, 1.54) is 10.6 Å². The molecule has 18 heavy (non-hydrogen) atoms. The monoisotopic (exact) mass is 249 g/mol. The van der Waals surface area contributed by atoms with Crippen LogP contribution in [0.1, 0.15) is 24.2 Å². The van der Waals surface area contributed by atoms with Crippen LogP contribution >= 0.6 is 0 Å². The van der Waals surface area contributed by atoms with Crippen molar-refractivity contribution in [2.45, 2.75) is 25.9 Å². The van der Waals surface area contributed by atoms with E-state index in [-0.39, 0.29) is 23.6 Å². The fourth-order valence-corrected chi connectivity index (χ4v) is 2.36. The average molecular weight is 249 g/mol. The summed E-state index contributed by atoms with van der Waals surface area (Å²) in [7, 11) is 1.67. The molecule has 1 saturated heterocycles. The standard InChI is InChI=1S/C13H19N3O2/c1-9-7-16(8-10(2)14-9)13(18)11-4-5-15(3)12(17)6-11/h4-6,9-10,14H,7-8H2,1-3H3/t9-,10-/m1/s1. The van der Waals surface area contributed by atoms with Crippen LogP contribution in [0.25, 0.3) is 0 Å². The number of nitrogens with zero attached hydrogens (tertiary/aromatic N) is 2. The van der Waals surface area contributed by atoms with E-state index in [9.17, 15) is 9.59 Å². The summed E-state index contributed by atoms with van der Waals surface area (Å²) < 4.78 is 1.46. The first kappa shape index (κ1) is 12.8. The van der Waals surface area contributed by atoms with Crippen LogP contribution in [0.15, 0.2) is 23.1 Å². The lowest BCUT2D eigenvalue weighted by Gasteiger charge is -2.36. The van der Waals surface area contributed by atoms with Gasteiger partial charge in [0.15, 0.2) is 0 Å². The normalized spacial score (nSPS) is 24.1. The van der Waals surface area contributed by atoms with Gasteiger partial charge in [0.25, 0.3) is 11.5 Å². The molecule has 0 aromatic carbocycles. The Morgan fingerprint density at radius 1 is 1.33 bits per heavy atom. The van der Waals surface area contributed by atoms with Crippen molar-refractivity contribution >= 4 is 5.91 Å². The molecule has 0 bridgehead atoms. The largest absolute Gasteiger partial charge is 0.336 e. The van der Waals surface area contributed by atoms with Gasteiger partial charge < -0.3 is 14.8 Å². The maximum atomic E-state index is 12.3. The molecule has 0 radical (unpaired) electrons. The van der Waals surface area contributed by atoms with E-state index in [1.807, 2.05) is 0 Å². The van der Waals surface area contributed by atoms with E-state index < -0.39 is 0 Å². The van der Waals surface area contributed by atoms with Crippen molar-refractivity contribution in [3.63, 3.8) is 0 Å². The SMILES string of the molecule is C[C@@H]1CN(C(=O)c2ccn(C)c(=O)c2)C[C@@H](C)N1. The molecule has 2 rings (SSSR count). The van der Waals surface area contributed by atoms with Crippen LogP contribution in [0.2, 0.25) is 0 Å². The summed E-state index contributed by atoms with van der Waals surface area (Å²) in [4.78, 5) is 25.6. The Kier molecular flexibility index (Phi) is 3.52. The van der Waals surface area contributed by atoms with Gasteiger partial charge in [-0.2, -0.15) is 0 Å². The smallest absolute Gasteiger partial charge is 0.254 e. The minimum absolute atomic E-state index is 0.0621. The van der Waals surface area contributed by atoms with Crippen LogP contribution < -0.4 is 10.9 Å². The number of hydrogen-bond donors (Lipinski definition) is 1. The number of nitrogens with one attached hydrogen (secondary N) is 1. The van der Waals surface area contributed by atoms with Crippen molar-refractivity contribution in [2.75, 3.05) is 13.1 Å². The van der Waals surface area contributed by atoms with E-state index >= 15 is 0 Å². The van der Waals surface area contributed by atoms with Gasteiger partial charge >= 0.3 is 0 Å². The molecule has 1 N–H and O–H groups in total. The van der Waals surface area contributed by atoms with E-state index in [0.717, 1.165) is 0 Å². The second-order valence-corrected chi connectivity index (χ2v) is 5.04. The molecule has 98 valence electrons. The predicted molar refractivity (Wildman–Crippen MR) is 69.6 cm³/mol. The molecule has 1 aliphatic rings. The van der Waals surface area contributed by atoms with Crippen molar-refractivity contribution in [3.05, 3.63) is 34.2 Å². The first-order chi connectivity index (χ1) is 8.47. The minimum atomic E-state index is -0.155. The molecule has 1 fully saturated rings. The van der Waals surface area contributed by atoms with Crippen LogP contribution in [0.4, 0.5) is 0 Å². The summed E-state index contributed by atoms with van der Waals surface area (Å²) >= 11 is 0. The van der Waals surface area contributed by atoms with Crippen molar-refractivity contribution < 1.29 is 4.79 Å². The van der Waals surface area contributed by atoms with Crippen LogP contribution in [0, 0.1) is 0 Å². The van der Waals surface area contributed by atoms with Gasteiger partial charge in [0.1, 0.15) is 0 Å². The van der Waals surface area contributed by atoms with Crippen LogP contribution in [0.5, 0.6) is 0 Å². The van der Waals surface area contributed by atoms with Crippen molar-refractivity contribution in [3.8, 4) is 0 Å². The lowest BCUT2D eigenvalue weighted by atomic mass is 10.1. The Labute approximate surface area is 106 Å². The number of aryl methyl sites for hydroxylation is 1. The van der Waals surface area contributed by atoms with Gasteiger partial charge in [-0.25, -0.2) is 0 Å². The molecular formula is C13H19N3O2. The molecule has 2 heterocycles. The van der Waals surface area contributed by atoms with Gasteiger partial charge in [0.05, 0.1) is 0 Å². The van der Waals surface area contributed by atoms with Crippen LogP contribution in [-0.4, -0.2) is 40.5 Å². The number of piperazine rings is 1. The number of rotatable bonds is 1. The summed E-state index contributed by atoms with van der Waals surface area (Å²) in [5.74, 6) is -0.0621. The van der Waals surface area contributed by atoms with Gasteiger partial charge in [-0.3, -0.25) is 9.59 Å². The lowest BCUT2D eigenvalue weighted by Crippen LogP contribution is -2.55. The van der Waals surface area contributed by atoms with Crippen molar-refractivity contribution in [1.82, 2.24) is 14.8 Å². The zero-order valence-corrected chi connectivity index (χ0v) is 11.0. The first-order valence-electron chi connectivity index (χ1n) is 6.19. The maximum Gasteiger partial charge on any atom is 0.254 e. The third-order valence-corrected chi connectivity index (χ3v) is 3.20. The molecule has 1 aliphatic heterocycles. The molecule has 1 aromatic heterocycles. The summed E-state index contributed by atoms with van der Waals surface area (Å²) in [6.07, 6.45) is 1.63. The fraction of sp³-hybridized carbons (Fsp3) is 0.538. The number of pyridine rings is 1. The first-order valence-corrected chi connectivity index (χ1v) is 6.19. The Morgan fingerprint density at radius 3 is 2.50 bits per heavy atom. The van der Waals surface area contributed by atoms with E-state index in [4.69, 9.17) is 0 Å². The Balaban J connectivity index is 2.20. The highest BCUT2D eigenvalue weighted by Crippen LogP contribution is 2.09. The quantitative estimate of drug-likeness (QED) is 0.774. The minimum Gasteiger partial charge on any atom is -0.336 e. The van der Waals surface area contributed by atoms with Crippen molar-refractivity contribution in [2.24, 2.45) is 7.05 Å². The summed E-state index contributed by atoms with van der Waals surface area (Å²) in [5, 5.41) is 3.38. The molecule has 1 aromatic rings. The Hall–Kier alpha value is -1.62. The van der Waals surface area contributed by atoms with Gasteiger partial charge in [-0.05, 0) is 19.9 Å². The average Bonchev–Trinajstić information content (AvgIpc) is 2.30. The fourth-order valence-electron chi connectivity index (χ4n) is 2.36. The Morgan fingerprint density at radius 2 is 1.94 bits per heavy atom. The molecule has 0 unspecified atom stereocenters. The molecule has 1 amide bonds. The number of hydrogen-bond acceptors (Lipinski definition) is 3. The number of aromatic nitrogens is 1. The van der Waals surface area contributed by atoms with Gasteiger partial charge in [0.2, 0.25) is 0 Å². The third-order valence-electron chi connectivity index (χ3n) is 3.20. The number of carbonyl (C=O) groups excluding carboxylic acids is 1. The second kappa shape index (κ2) is 4.94. The molecule has 0 spiro atoms. The molecule has 5 nitrogen and oxygen atoms in total. The Bertz CT molecular complexity index is 499. The molecule has 0 aliphatic carbocycles. The molecular weight excluding hydrogens is 230 g/mol. The summed E-state index contributed by atoms with van der Waals surface area (Å²) in [5.41, 5.74) is 0.316. The molecule has 5 heteroatoms. The molecule has 0 saturated carbocycles. The van der Waals surface area contributed by atoms with E-state index in [0.29, 0.717) is 18.7 Å². The van der Waals surface area contributed by atoms with E-state index in [2.05, 4.69) is 19.2 Å². The summed E-state index contributed by atoms with van der Waals surface area (Å²) in [6, 6.07) is 3.66. The topological polar surface area (TPSA) is 54.3 Å².